The molecule has 2 heterocycles. The van der Waals surface area contributed by atoms with Crippen LogP contribution in [0.2, 0.25) is 0 Å². The summed E-state index contributed by atoms with van der Waals surface area (Å²) >= 11 is 0. The average Bonchev–Trinajstić information content (AvgIpc) is 3.20. The van der Waals surface area contributed by atoms with Crippen LogP contribution in [-0.4, -0.2) is 42.9 Å². The quantitative estimate of drug-likeness (QED) is 0.882. The highest BCUT2D eigenvalue weighted by Crippen LogP contribution is 2.21. The normalized spacial score (nSPS) is 20.5. The van der Waals surface area contributed by atoms with Crippen LogP contribution in [0.5, 0.6) is 0 Å². The van der Waals surface area contributed by atoms with Gasteiger partial charge < -0.3 is 15.1 Å². The van der Waals surface area contributed by atoms with Gasteiger partial charge in [-0.1, -0.05) is 26.0 Å². The highest BCUT2D eigenvalue weighted by molar-refractivity contribution is 5.82. The van der Waals surface area contributed by atoms with Crippen LogP contribution in [0.25, 0.3) is 0 Å². The van der Waals surface area contributed by atoms with Crippen LogP contribution in [0.4, 0.5) is 5.69 Å². The van der Waals surface area contributed by atoms with Crippen LogP contribution in [0, 0.1) is 11.8 Å². The molecule has 3 rings (SSSR count). The number of amides is 2. The molecule has 0 bridgehead atoms. The monoisotopic (exact) mass is 357 g/mol. The first kappa shape index (κ1) is 18.7. The summed E-state index contributed by atoms with van der Waals surface area (Å²) in [6, 6.07) is 8.50. The molecule has 0 radical (unpaired) electrons. The van der Waals surface area contributed by atoms with Gasteiger partial charge in [0.05, 0.1) is 5.92 Å². The van der Waals surface area contributed by atoms with Gasteiger partial charge in [0.1, 0.15) is 0 Å². The Kier molecular flexibility index (Phi) is 6.17. The predicted molar refractivity (Wildman–Crippen MR) is 104 cm³/mol. The molecule has 0 unspecified atom stereocenters. The highest BCUT2D eigenvalue weighted by Gasteiger charge is 2.29. The second-order valence-corrected chi connectivity index (χ2v) is 7.86. The highest BCUT2D eigenvalue weighted by atomic mass is 16.2. The lowest BCUT2D eigenvalue weighted by atomic mass is 9.96. The maximum atomic E-state index is 12.5. The van der Waals surface area contributed by atoms with Gasteiger partial charge in [-0.05, 0) is 43.4 Å². The Labute approximate surface area is 156 Å². The van der Waals surface area contributed by atoms with Crippen molar-refractivity contribution in [3.05, 3.63) is 29.8 Å². The first-order chi connectivity index (χ1) is 12.5. The fraction of sp³-hybridized carbons (Fsp3) is 0.619. The second kappa shape index (κ2) is 8.56. The van der Waals surface area contributed by atoms with Crippen molar-refractivity contribution in [3.63, 3.8) is 0 Å². The number of hydrogen-bond donors (Lipinski definition) is 1. The number of nitrogens with zero attached hydrogens (tertiary/aromatic N) is 2. The van der Waals surface area contributed by atoms with Crippen LogP contribution in [0.1, 0.15) is 45.1 Å². The van der Waals surface area contributed by atoms with Crippen LogP contribution < -0.4 is 10.2 Å². The van der Waals surface area contributed by atoms with E-state index in [1.165, 1.54) is 18.5 Å². The van der Waals surface area contributed by atoms with Gasteiger partial charge in [0.2, 0.25) is 11.8 Å². The summed E-state index contributed by atoms with van der Waals surface area (Å²) < 4.78 is 0. The standard InChI is InChI=1S/C21H31N3O2/c1-16(2)21(26)24-13-5-6-18(15-24)20(25)22-14-17-7-9-19(10-8-17)23-11-3-4-12-23/h7-10,16,18H,3-6,11-15H2,1-2H3,(H,22,25)/t18-/m1/s1. The van der Waals surface area contributed by atoms with E-state index in [4.69, 9.17) is 0 Å². The molecule has 2 saturated heterocycles. The fourth-order valence-corrected chi connectivity index (χ4v) is 3.89. The van der Waals surface area contributed by atoms with E-state index in [1.54, 1.807) is 0 Å². The molecule has 2 amide bonds. The van der Waals surface area contributed by atoms with E-state index in [9.17, 15) is 9.59 Å². The average molecular weight is 357 g/mol. The van der Waals surface area contributed by atoms with E-state index in [1.807, 2.05) is 18.7 Å². The van der Waals surface area contributed by atoms with Crippen molar-refractivity contribution in [1.82, 2.24) is 10.2 Å². The van der Waals surface area contributed by atoms with E-state index in [2.05, 4.69) is 34.5 Å². The van der Waals surface area contributed by atoms with Crippen LogP contribution in [0.3, 0.4) is 0 Å². The lowest BCUT2D eigenvalue weighted by Crippen LogP contribution is -2.46. The van der Waals surface area contributed by atoms with Gasteiger partial charge in [0, 0.05) is 44.3 Å². The summed E-state index contributed by atoms with van der Waals surface area (Å²) in [7, 11) is 0. The van der Waals surface area contributed by atoms with Gasteiger partial charge in [-0.2, -0.15) is 0 Å². The lowest BCUT2D eigenvalue weighted by Gasteiger charge is -2.33. The van der Waals surface area contributed by atoms with E-state index < -0.39 is 0 Å². The maximum Gasteiger partial charge on any atom is 0.225 e. The molecule has 2 aliphatic rings. The van der Waals surface area contributed by atoms with Gasteiger partial charge in [-0.25, -0.2) is 0 Å². The summed E-state index contributed by atoms with van der Waals surface area (Å²) in [6.45, 7) is 7.99. The number of rotatable bonds is 5. The zero-order chi connectivity index (χ0) is 18.5. The smallest absolute Gasteiger partial charge is 0.225 e. The van der Waals surface area contributed by atoms with Crippen LogP contribution >= 0.6 is 0 Å². The molecule has 0 aromatic heterocycles. The van der Waals surface area contributed by atoms with E-state index in [-0.39, 0.29) is 23.7 Å². The molecule has 0 aliphatic carbocycles. The van der Waals surface area contributed by atoms with Crippen molar-refractivity contribution in [2.24, 2.45) is 11.8 Å². The number of anilines is 1. The second-order valence-electron chi connectivity index (χ2n) is 7.86. The molecular weight excluding hydrogens is 326 g/mol. The van der Waals surface area contributed by atoms with E-state index in [0.29, 0.717) is 13.1 Å². The molecular formula is C21H31N3O2. The zero-order valence-corrected chi connectivity index (χ0v) is 16.0. The third-order valence-corrected chi connectivity index (χ3v) is 5.47. The molecule has 2 fully saturated rings. The predicted octanol–water partition coefficient (Wildman–Crippen LogP) is 2.80. The molecule has 5 nitrogen and oxygen atoms in total. The minimum Gasteiger partial charge on any atom is -0.372 e. The van der Waals surface area contributed by atoms with Gasteiger partial charge in [0.25, 0.3) is 0 Å². The van der Waals surface area contributed by atoms with Crippen LogP contribution in [0.15, 0.2) is 24.3 Å². The Bertz CT molecular complexity index is 621. The number of carbonyl (C=O) groups is 2. The summed E-state index contributed by atoms with van der Waals surface area (Å²) in [5, 5.41) is 3.06. The van der Waals surface area contributed by atoms with Crippen LogP contribution in [-0.2, 0) is 16.1 Å². The molecule has 1 N–H and O–H groups in total. The SMILES string of the molecule is CC(C)C(=O)N1CCC[C@@H](C(=O)NCc2ccc(N3CCCC3)cc2)C1. The maximum absolute atomic E-state index is 12.5. The lowest BCUT2D eigenvalue weighted by molar-refractivity contribution is -0.138. The number of benzene rings is 1. The van der Waals surface area contributed by atoms with Gasteiger partial charge >= 0.3 is 0 Å². The van der Waals surface area contributed by atoms with Crippen molar-refractivity contribution < 1.29 is 9.59 Å². The molecule has 0 spiro atoms. The third-order valence-electron chi connectivity index (χ3n) is 5.47. The van der Waals surface area contributed by atoms with Crippen molar-refractivity contribution in [2.75, 3.05) is 31.1 Å². The molecule has 5 heteroatoms. The fourth-order valence-electron chi connectivity index (χ4n) is 3.89. The van der Waals surface area contributed by atoms with Crippen molar-refractivity contribution >= 4 is 17.5 Å². The minimum absolute atomic E-state index is 0.00840. The van der Waals surface area contributed by atoms with E-state index in [0.717, 1.165) is 38.0 Å². The molecule has 1 aromatic carbocycles. The number of nitrogens with one attached hydrogen (secondary N) is 1. The molecule has 1 atom stereocenters. The Morgan fingerprint density at radius 2 is 1.77 bits per heavy atom. The molecule has 2 aliphatic heterocycles. The zero-order valence-electron chi connectivity index (χ0n) is 16.0. The third kappa shape index (κ3) is 4.57. The molecule has 26 heavy (non-hydrogen) atoms. The Morgan fingerprint density at radius 1 is 1.08 bits per heavy atom. The van der Waals surface area contributed by atoms with Gasteiger partial charge in [-0.3, -0.25) is 9.59 Å². The summed E-state index contributed by atoms with van der Waals surface area (Å²) in [5.41, 5.74) is 2.39. The number of hydrogen-bond acceptors (Lipinski definition) is 3. The van der Waals surface area contributed by atoms with Gasteiger partial charge in [-0.15, -0.1) is 0 Å². The summed E-state index contributed by atoms with van der Waals surface area (Å²) in [6.07, 6.45) is 4.31. The molecule has 0 saturated carbocycles. The Hall–Kier alpha value is -2.04. The summed E-state index contributed by atoms with van der Waals surface area (Å²) in [4.78, 5) is 29.0. The molecule has 1 aromatic rings. The minimum atomic E-state index is -0.0877. The van der Waals surface area contributed by atoms with Gasteiger partial charge in [0.15, 0.2) is 0 Å². The first-order valence-electron chi connectivity index (χ1n) is 9.95. The number of piperidine rings is 1. The van der Waals surface area contributed by atoms with E-state index >= 15 is 0 Å². The largest absolute Gasteiger partial charge is 0.372 e. The van der Waals surface area contributed by atoms with Crippen molar-refractivity contribution in [3.8, 4) is 0 Å². The number of likely N-dealkylation sites (tertiary alicyclic amines) is 1. The Balaban J connectivity index is 1.49. The summed E-state index contributed by atoms with van der Waals surface area (Å²) in [5.74, 6) is 0.121. The molecule has 142 valence electrons. The Morgan fingerprint density at radius 3 is 2.42 bits per heavy atom. The van der Waals surface area contributed by atoms with Crippen molar-refractivity contribution in [1.29, 1.82) is 0 Å². The van der Waals surface area contributed by atoms with Crippen molar-refractivity contribution in [2.45, 2.75) is 46.1 Å². The number of carbonyl (C=O) groups excluding carboxylic acids is 2. The first-order valence-corrected chi connectivity index (χ1v) is 9.95. The topological polar surface area (TPSA) is 52.7 Å².